The highest BCUT2D eigenvalue weighted by molar-refractivity contribution is 7.89. The van der Waals surface area contributed by atoms with Crippen molar-refractivity contribution in [3.8, 4) is 0 Å². The van der Waals surface area contributed by atoms with Crippen LogP contribution in [0.4, 0.5) is 0 Å². The fraction of sp³-hybridized carbons (Fsp3) is 0.667. The van der Waals surface area contributed by atoms with Gasteiger partial charge in [0.05, 0.1) is 6.33 Å². The van der Waals surface area contributed by atoms with E-state index in [1.54, 1.807) is 7.05 Å². The van der Waals surface area contributed by atoms with Crippen LogP contribution < -0.4 is 0 Å². The van der Waals surface area contributed by atoms with Crippen molar-refractivity contribution in [2.75, 3.05) is 6.54 Å². The number of aryl methyl sites for hydroxylation is 1. The summed E-state index contributed by atoms with van der Waals surface area (Å²) in [5.74, 6) is -1.07. The van der Waals surface area contributed by atoms with Crippen LogP contribution in [0.2, 0.25) is 0 Å². The molecule has 8 heteroatoms. The zero-order valence-corrected chi connectivity index (χ0v) is 12.4. The average Bonchev–Trinajstić information content (AvgIpc) is 2.97. The maximum absolute atomic E-state index is 12.6. The SMILES string of the molecule is CCCC1(C(=O)O)CCCN1S(=O)(=O)c1cn(C)cn1. The molecule has 1 saturated heterocycles. The van der Waals surface area contributed by atoms with E-state index in [2.05, 4.69) is 4.98 Å². The molecule has 0 bridgehead atoms. The Bertz CT molecular complexity index is 610. The maximum atomic E-state index is 12.6. The van der Waals surface area contributed by atoms with Crippen molar-refractivity contribution in [1.29, 1.82) is 0 Å². The lowest BCUT2D eigenvalue weighted by Crippen LogP contribution is -2.52. The Morgan fingerprint density at radius 2 is 2.25 bits per heavy atom. The van der Waals surface area contributed by atoms with E-state index >= 15 is 0 Å². The number of carboxylic acid groups (broad SMARTS) is 1. The highest BCUT2D eigenvalue weighted by atomic mass is 32.2. The third kappa shape index (κ3) is 2.22. The molecule has 1 aliphatic heterocycles. The van der Waals surface area contributed by atoms with E-state index in [1.165, 1.54) is 17.1 Å². The van der Waals surface area contributed by atoms with Crippen LogP contribution in [0.5, 0.6) is 0 Å². The number of carbonyl (C=O) groups is 1. The third-order valence-electron chi connectivity index (χ3n) is 3.73. The summed E-state index contributed by atoms with van der Waals surface area (Å²) in [6.45, 7) is 2.08. The Balaban J connectivity index is 2.46. The topological polar surface area (TPSA) is 92.5 Å². The number of aliphatic carboxylic acids is 1. The molecule has 0 spiro atoms. The van der Waals surface area contributed by atoms with Gasteiger partial charge < -0.3 is 9.67 Å². The molecule has 1 aliphatic rings. The first-order chi connectivity index (χ1) is 9.34. The number of imidazole rings is 1. The van der Waals surface area contributed by atoms with E-state index in [0.29, 0.717) is 25.7 Å². The molecule has 2 heterocycles. The zero-order chi connectivity index (χ0) is 15.0. The molecule has 0 saturated carbocycles. The summed E-state index contributed by atoms with van der Waals surface area (Å²) < 4.78 is 27.9. The molecule has 1 fully saturated rings. The maximum Gasteiger partial charge on any atom is 0.325 e. The second kappa shape index (κ2) is 5.17. The largest absolute Gasteiger partial charge is 0.480 e. The van der Waals surface area contributed by atoms with Crippen LogP contribution in [0.1, 0.15) is 32.6 Å². The lowest BCUT2D eigenvalue weighted by Gasteiger charge is -2.33. The van der Waals surface area contributed by atoms with E-state index < -0.39 is 21.5 Å². The van der Waals surface area contributed by atoms with Gasteiger partial charge in [-0.05, 0) is 19.3 Å². The third-order valence-corrected chi connectivity index (χ3v) is 5.58. The van der Waals surface area contributed by atoms with Crippen LogP contribution in [0.15, 0.2) is 17.6 Å². The molecule has 0 aliphatic carbocycles. The molecule has 0 aromatic carbocycles. The van der Waals surface area contributed by atoms with Gasteiger partial charge in [0.25, 0.3) is 10.0 Å². The van der Waals surface area contributed by atoms with Crippen molar-refractivity contribution in [3.63, 3.8) is 0 Å². The summed E-state index contributed by atoms with van der Waals surface area (Å²) >= 11 is 0. The molecule has 1 unspecified atom stereocenters. The Morgan fingerprint density at radius 1 is 1.55 bits per heavy atom. The lowest BCUT2D eigenvalue weighted by atomic mass is 9.92. The predicted octanol–water partition coefficient (Wildman–Crippen LogP) is 0.828. The first-order valence-electron chi connectivity index (χ1n) is 6.59. The molecular formula is C12H19N3O4S. The molecule has 1 aromatic heterocycles. The minimum atomic E-state index is -3.87. The Morgan fingerprint density at radius 3 is 2.75 bits per heavy atom. The van der Waals surface area contributed by atoms with Crippen molar-refractivity contribution >= 4 is 16.0 Å². The van der Waals surface area contributed by atoms with Crippen LogP contribution in [0.3, 0.4) is 0 Å². The highest BCUT2D eigenvalue weighted by Gasteiger charge is 2.53. The normalized spacial score (nSPS) is 24.1. The number of hydrogen-bond donors (Lipinski definition) is 1. The molecular weight excluding hydrogens is 282 g/mol. The number of sulfonamides is 1. The summed E-state index contributed by atoms with van der Waals surface area (Å²) in [6, 6.07) is 0. The monoisotopic (exact) mass is 301 g/mol. The second-order valence-electron chi connectivity index (χ2n) is 5.14. The number of aromatic nitrogens is 2. The quantitative estimate of drug-likeness (QED) is 0.869. The van der Waals surface area contributed by atoms with Crippen molar-refractivity contribution in [2.24, 2.45) is 7.05 Å². The van der Waals surface area contributed by atoms with Gasteiger partial charge in [0.1, 0.15) is 5.54 Å². The minimum Gasteiger partial charge on any atom is -0.480 e. The number of nitrogens with zero attached hydrogens (tertiary/aromatic N) is 3. The molecule has 1 aromatic rings. The average molecular weight is 301 g/mol. The summed E-state index contributed by atoms with van der Waals surface area (Å²) in [4.78, 5) is 15.5. The molecule has 2 rings (SSSR count). The summed E-state index contributed by atoms with van der Waals surface area (Å²) in [5, 5.41) is 9.46. The fourth-order valence-corrected chi connectivity index (χ4v) is 4.62. The van der Waals surface area contributed by atoms with E-state index in [0.717, 1.165) is 4.31 Å². The van der Waals surface area contributed by atoms with Crippen molar-refractivity contribution in [1.82, 2.24) is 13.9 Å². The molecule has 1 atom stereocenters. The Kier molecular flexibility index (Phi) is 3.88. The first kappa shape index (κ1) is 15.0. The van der Waals surface area contributed by atoms with Crippen LogP contribution in [0, 0.1) is 0 Å². The standard InChI is InChI=1S/C12H19N3O4S/c1-3-5-12(11(16)17)6-4-7-15(12)20(18,19)10-8-14(2)9-13-10/h8-9H,3-7H2,1-2H3,(H,16,17). The van der Waals surface area contributed by atoms with Crippen LogP contribution >= 0.6 is 0 Å². The fourth-order valence-electron chi connectivity index (χ4n) is 2.82. The van der Waals surface area contributed by atoms with E-state index in [1.807, 2.05) is 6.92 Å². The Hall–Kier alpha value is -1.41. The van der Waals surface area contributed by atoms with E-state index in [-0.39, 0.29) is 11.6 Å². The van der Waals surface area contributed by atoms with Crippen molar-refractivity contribution < 1.29 is 18.3 Å². The van der Waals surface area contributed by atoms with Gasteiger partial charge in [-0.3, -0.25) is 4.79 Å². The summed E-state index contributed by atoms with van der Waals surface area (Å²) in [6.07, 6.45) is 4.62. The van der Waals surface area contributed by atoms with Gasteiger partial charge in [0.2, 0.25) is 0 Å². The molecule has 7 nitrogen and oxygen atoms in total. The van der Waals surface area contributed by atoms with Gasteiger partial charge in [-0.2, -0.15) is 4.31 Å². The van der Waals surface area contributed by atoms with Crippen molar-refractivity contribution in [3.05, 3.63) is 12.5 Å². The molecule has 112 valence electrons. The minimum absolute atomic E-state index is 0.0939. The van der Waals surface area contributed by atoms with Gasteiger partial charge in [-0.1, -0.05) is 13.3 Å². The van der Waals surface area contributed by atoms with Crippen molar-refractivity contribution in [2.45, 2.75) is 43.2 Å². The van der Waals surface area contributed by atoms with Gasteiger partial charge in [-0.25, -0.2) is 13.4 Å². The summed E-state index contributed by atoms with van der Waals surface area (Å²) in [5.41, 5.74) is -1.33. The van der Waals surface area contributed by atoms with Gasteiger partial charge in [-0.15, -0.1) is 0 Å². The van der Waals surface area contributed by atoms with Gasteiger partial charge >= 0.3 is 5.97 Å². The molecule has 20 heavy (non-hydrogen) atoms. The number of hydrogen-bond acceptors (Lipinski definition) is 4. The van der Waals surface area contributed by atoms with Crippen LogP contribution in [0.25, 0.3) is 0 Å². The second-order valence-corrected chi connectivity index (χ2v) is 6.95. The Labute approximate surface area is 118 Å². The smallest absolute Gasteiger partial charge is 0.325 e. The molecule has 1 N–H and O–H groups in total. The van der Waals surface area contributed by atoms with Crippen LogP contribution in [-0.4, -0.2) is 45.4 Å². The molecule has 0 radical (unpaired) electrons. The summed E-state index contributed by atoms with van der Waals surface area (Å²) in [7, 11) is -2.20. The predicted molar refractivity (Wildman–Crippen MR) is 71.6 cm³/mol. The highest BCUT2D eigenvalue weighted by Crippen LogP contribution is 2.37. The number of carboxylic acids is 1. The molecule has 0 amide bonds. The first-order valence-corrected chi connectivity index (χ1v) is 8.03. The van der Waals surface area contributed by atoms with E-state index in [9.17, 15) is 18.3 Å². The van der Waals surface area contributed by atoms with Gasteiger partial charge in [0, 0.05) is 19.8 Å². The lowest BCUT2D eigenvalue weighted by molar-refractivity contribution is -0.147. The zero-order valence-electron chi connectivity index (χ0n) is 11.6. The van der Waals surface area contributed by atoms with E-state index in [4.69, 9.17) is 0 Å². The van der Waals surface area contributed by atoms with Crippen LogP contribution in [-0.2, 0) is 21.9 Å². The van der Waals surface area contributed by atoms with Gasteiger partial charge in [0.15, 0.2) is 5.03 Å². The number of rotatable bonds is 5.